The Morgan fingerprint density at radius 3 is 1.43 bits per heavy atom. The highest BCUT2D eigenvalue weighted by Gasteiger charge is 2.58. The second-order valence-electron chi connectivity index (χ2n) is 23.9. The lowest BCUT2D eigenvalue weighted by atomic mass is 9.73. The number of carbonyl (C=O) groups is 1. The van der Waals surface area contributed by atoms with Gasteiger partial charge >= 0.3 is 5.97 Å². The second kappa shape index (κ2) is 22.1. The molecule has 83 heavy (non-hydrogen) atoms. The number of aliphatic hydroxyl groups is 2. The first-order valence-corrected chi connectivity index (χ1v) is 30.5. The molecule has 19 heteroatoms. The van der Waals surface area contributed by atoms with Crippen molar-refractivity contribution in [3.8, 4) is 11.5 Å². The molecule has 4 aromatic carbocycles. The summed E-state index contributed by atoms with van der Waals surface area (Å²) in [5, 5.41) is 43.1. The highest BCUT2D eigenvalue weighted by atomic mass is 32.1. The maximum atomic E-state index is 14.7. The third-order valence-corrected chi connectivity index (χ3v) is 20.8. The summed E-state index contributed by atoms with van der Waals surface area (Å²) < 4.78 is 67.4. The summed E-state index contributed by atoms with van der Waals surface area (Å²) in [6, 6.07) is 17.5. The quantitative estimate of drug-likeness (QED) is 0.0728. The molecule has 4 heterocycles. The van der Waals surface area contributed by atoms with Crippen molar-refractivity contribution in [2.45, 2.75) is 166 Å². The van der Waals surface area contributed by atoms with E-state index in [0.717, 1.165) is 125 Å². The Balaban J connectivity index is 0.000000155. The molecule has 0 aliphatic heterocycles. The van der Waals surface area contributed by atoms with Gasteiger partial charge in [-0.05, 0) is 175 Å². The number of hydrogen-bond donors (Lipinski definition) is 3. The van der Waals surface area contributed by atoms with Gasteiger partial charge in [-0.15, -0.1) is 22.7 Å². The number of para-hydroxylation sites is 2. The number of hydrogen-bond acceptors (Lipinski definition) is 15. The first kappa shape index (κ1) is 55.5. The van der Waals surface area contributed by atoms with Crippen LogP contribution >= 0.6 is 22.7 Å². The summed E-state index contributed by atoms with van der Waals surface area (Å²) in [4.78, 5) is 23.8. The summed E-state index contributed by atoms with van der Waals surface area (Å²) in [7, 11) is 0. The maximum absolute atomic E-state index is 14.7. The van der Waals surface area contributed by atoms with Gasteiger partial charge in [-0.1, -0.05) is 46.7 Å². The molecule has 6 aliphatic rings. The number of carboxylic acids is 1. The third kappa shape index (κ3) is 10.4. The molecule has 6 saturated carbocycles. The number of carboxylic acid groups (broad SMARTS) is 1. The predicted molar refractivity (Wildman–Crippen MR) is 306 cm³/mol. The van der Waals surface area contributed by atoms with Crippen LogP contribution in [0, 0.1) is 69.6 Å². The lowest BCUT2D eigenvalue weighted by Crippen LogP contribution is -2.44. The minimum atomic E-state index is -1.19. The second-order valence-corrected chi connectivity index (χ2v) is 26.0. The zero-order valence-corrected chi connectivity index (χ0v) is 48.3. The molecule has 3 N–H and O–H groups in total. The number of thiazole rings is 2. The molecule has 0 saturated heterocycles. The molecule has 8 atom stereocenters. The van der Waals surface area contributed by atoms with E-state index in [2.05, 4.69) is 25.1 Å². The van der Waals surface area contributed by atoms with Crippen molar-refractivity contribution >= 4 is 54.8 Å². The van der Waals surface area contributed by atoms with E-state index >= 15 is 0 Å². The summed E-state index contributed by atoms with van der Waals surface area (Å²) >= 11 is 2.49. The molecule has 6 aliphatic carbocycles. The van der Waals surface area contributed by atoms with E-state index in [9.17, 15) is 28.9 Å². The van der Waals surface area contributed by atoms with Gasteiger partial charge in [0.05, 0.1) is 42.3 Å². The normalized spacial score (nSPS) is 25.4. The molecule has 8 aromatic rings. The van der Waals surface area contributed by atoms with Crippen molar-refractivity contribution in [2.75, 3.05) is 0 Å². The molecule has 4 aromatic heterocycles. The Bertz CT molecular complexity index is 3770. The van der Waals surface area contributed by atoms with Crippen LogP contribution in [0.5, 0.6) is 11.5 Å². The number of rotatable bonds is 17. The molecule has 14 rings (SSSR count). The van der Waals surface area contributed by atoms with Gasteiger partial charge in [0, 0.05) is 27.7 Å². The Morgan fingerprint density at radius 2 is 1.04 bits per heavy atom. The lowest BCUT2D eigenvalue weighted by molar-refractivity contribution is -0.116. The molecule has 0 spiro atoms. The number of benzene rings is 4. The fraction of sp³-hybridized carbons (Fsp3) is 0.469. The highest BCUT2D eigenvalue weighted by molar-refractivity contribution is 7.19. The van der Waals surface area contributed by atoms with Gasteiger partial charge in [-0.25, -0.2) is 28.4 Å². The van der Waals surface area contributed by atoms with Crippen molar-refractivity contribution in [2.24, 2.45) is 23.7 Å². The number of nitrogens with zero attached hydrogens (tertiary/aromatic N) is 5. The lowest BCUT2D eigenvalue weighted by Gasteiger charge is -2.41. The number of aryl methyl sites for hydroxylation is 4. The van der Waals surface area contributed by atoms with Crippen LogP contribution in [0.15, 0.2) is 69.7 Å². The van der Waals surface area contributed by atoms with E-state index < -0.39 is 28.8 Å². The largest absolute Gasteiger partial charge is 0.487 e. The van der Waals surface area contributed by atoms with Crippen LogP contribution < -0.4 is 9.47 Å². The molecule has 432 valence electrons. The topological polar surface area (TPSA) is 197 Å². The average Bonchev–Trinajstić information content (AvgIpc) is 3.89. The Hall–Kier alpha value is -6.66. The van der Waals surface area contributed by atoms with Crippen molar-refractivity contribution in [1.29, 1.82) is 0 Å². The maximum Gasteiger partial charge on any atom is 0.335 e. The van der Waals surface area contributed by atoms with Crippen LogP contribution in [0.1, 0.15) is 166 Å². The Labute approximate surface area is 486 Å². The van der Waals surface area contributed by atoms with Gasteiger partial charge in [0.15, 0.2) is 11.5 Å². The summed E-state index contributed by atoms with van der Waals surface area (Å²) in [5.41, 5.74) is 5.99. The fourth-order valence-electron chi connectivity index (χ4n) is 13.8. The van der Waals surface area contributed by atoms with Crippen LogP contribution in [0.4, 0.5) is 14.5 Å². The van der Waals surface area contributed by atoms with Gasteiger partial charge in [-0.2, -0.15) is 0 Å². The van der Waals surface area contributed by atoms with Crippen molar-refractivity contribution in [3.63, 3.8) is 0 Å². The van der Waals surface area contributed by atoms with E-state index in [1.54, 1.807) is 6.07 Å². The first-order chi connectivity index (χ1) is 40.1. The predicted octanol–water partition coefficient (Wildman–Crippen LogP) is 14.4. The zero-order chi connectivity index (χ0) is 57.5. The van der Waals surface area contributed by atoms with Gasteiger partial charge in [0.1, 0.15) is 85.7 Å². The van der Waals surface area contributed by atoms with Crippen LogP contribution in [0.25, 0.3) is 25.3 Å². The number of ether oxygens (including phenoxy) is 4. The van der Waals surface area contributed by atoms with Crippen LogP contribution in [-0.4, -0.2) is 53.8 Å². The Morgan fingerprint density at radius 1 is 0.627 bits per heavy atom. The summed E-state index contributed by atoms with van der Waals surface area (Å²) in [6.45, 7) is 16.8. The molecule has 0 amide bonds. The number of aromatic nitrogens is 4. The molecule has 6 unspecified atom stereocenters. The number of halogens is 2. The first-order valence-electron chi connectivity index (χ1n) is 28.9. The highest BCUT2D eigenvalue weighted by Crippen LogP contribution is 2.59. The molecular weight excluding hydrogens is 1100 g/mol. The monoisotopic (exact) mass is 1170 g/mol. The standard InChI is InChI=1S/C32H32FN3O4S.C32H33FN2O6S/c1-17-5-4-6-18(2)29(17)39-16-26-24(30(40-36-26)19-7-8-19)15-38-23-11-20-9-10-21(12-23)32(20,37)31-35-28-25(33)13-22(34-3)14-27(28)41-31;1-16-4-3-5-17(2)28(16)40-15-25-23(29(41-35-25)18-6-7-18)14-39-22-12-20-8-9-21(13-22)32(20,38)31-34-27-24(33)10-19(30(36)37)11-26(27)42-31/h4-6,13-14,19-21,23,37H,7-12,15-16H2,1-2H3;3-5,10-11,18,20-22,38H,6-9,12-15H2,1-2H3,(H,36,37)/t20-,21?,23?,32?;20-,21?,22?,32?/m00/s1. The summed E-state index contributed by atoms with van der Waals surface area (Å²) in [5.74, 6) is 1.71. The smallest absolute Gasteiger partial charge is 0.335 e. The zero-order valence-electron chi connectivity index (χ0n) is 46.7. The summed E-state index contributed by atoms with van der Waals surface area (Å²) in [6.07, 6.45) is 10.4. The Kier molecular flexibility index (Phi) is 14.8. The van der Waals surface area contributed by atoms with Gasteiger partial charge in [0.2, 0.25) is 0 Å². The van der Waals surface area contributed by atoms with Crippen LogP contribution in [0.2, 0.25) is 0 Å². The van der Waals surface area contributed by atoms with E-state index in [1.165, 1.54) is 34.8 Å². The van der Waals surface area contributed by atoms with Crippen LogP contribution in [-0.2, 0) is 47.1 Å². The minimum Gasteiger partial charge on any atom is -0.487 e. The fourth-order valence-corrected chi connectivity index (χ4v) is 16.3. The van der Waals surface area contributed by atoms with Gasteiger partial charge < -0.3 is 43.3 Å². The van der Waals surface area contributed by atoms with E-state index in [-0.39, 0.29) is 58.2 Å². The number of fused-ring (bicyclic) bond motifs is 6. The molecular formula is C64H65F2N5O10S2. The van der Waals surface area contributed by atoms with Crippen molar-refractivity contribution in [3.05, 3.63) is 156 Å². The van der Waals surface area contributed by atoms with E-state index in [1.807, 2.05) is 64.1 Å². The number of aromatic carboxylic acids is 1. The third-order valence-electron chi connectivity index (χ3n) is 18.5. The van der Waals surface area contributed by atoms with E-state index in [0.29, 0.717) is 83.4 Å². The van der Waals surface area contributed by atoms with Crippen molar-refractivity contribution in [1.82, 2.24) is 20.3 Å². The van der Waals surface area contributed by atoms with E-state index in [4.69, 9.17) is 34.6 Å². The molecule has 15 nitrogen and oxygen atoms in total. The minimum absolute atomic E-state index is 0.0121. The van der Waals surface area contributed by atoms with Crippen LogP contribution in [0.3, 0.4) is 0 Å². The SMILES string of the molecule is Cc1cccc(C)c1OCc1noc(C2CC2)c1COC1CC2CC[C@@H](C1)C2(O)c1nc2c(F)cc(C(=O)O)cc2s1.[C-]#[N+]c1cc(F)c2nc(C3(O)C4CC[C@H]3CC(OCc3c(COc5c(C)cccc5C)noc3C3CC3)C4)sc2c1. The molecule has 4 bridgehead atoms. The van der Waals surface area contributed by atoms with Gasteiger partial charge in [0.25, 0.3) is 0 Å². The van der Waals surface area contributed by atoms with Gasteiger partial charge in [-0.3, -0.25) is 0 Å². The average molecular weight is 1170 g/mol. The van der Waals surface area contributed by atoms with Crippen molar-refractivity contribution < 1.29 is 56.9 Å². The molecule has 6 fully saturated rings. The molecule has 0 radical (unpaired) electrons.